The molecule has 128 valence electrons. The molecule has 9 nitrogen and oxygen atoms in total. The third-order valence-electron chi connectivity index (χ3n) is 3.03. The second kappa shape index (κ2) is 8.89. The lowest BCUT2D eigenvalue weighted by Crippen LogP contribution is -2.44. The molecule has 0 aromatic carbocycles. The van der Waals surface area contributed by atoms with Crippen molar-refractivity contribution in [3.63, 3.8) is 0 Å². The Bertz CT molecular complexity index is 483. The Morgan fingerprint density at radius 3 is 2.30 bits per heavy atom. The zero-order valence-corrected chi connectivity index (χ0v) is 13.0. The summed E-state index contributed by atoms with van der Waals surface area (Å²) in [4.78, 5) is 45.9. The van der Waals surface area contributed by atoms with Gasteiger partial charge in [-0.05, 0) is 5.92 Å². The lowest BCUT2D eigenvalue weighted by molar-refractivity contribution is -0.141. The van der Waals surface area contributed by atoms with E-state index in [1.165, 1.54) is 12.2 Å². The van der Waals surface area contributed by atoms with E-state index in [0.717, 1.165) is 4.90 Å². The van der Waals surface area contributed by atoms with Crippen molar-refractivity contribution < 1.29 is 33.8 Å². The van der Waals surface area contributed by atoms with Gasteiger partial charge >= 0.3 is 12.1 Å². The fourth-order valence-electron chi connectivity index (χ4n) is 1.78. The van der Waals surface area contributed by atoms with Gasteiger partial charge in [-0.2, -0.15) is 0 Å². The summed E-state index contributed by atoms with van der Waals surface area (Å²) < 4.78 is 9.94. The van der Waals surface area contributed by atoms with Crippen molar-refractivity contribution in [3.8, 4) is 0 Å². The van der Waals surface area contributed by atoms with Gasteiger partial charge in [-0.25, -0.2) is 9.59 Å². The number of imide groups is 1. The topological polar surface area (TPSA) is 122 Å². The number of hydrogen-bond donors (Lipinski definition) is 2. The predicted molar refractivity (Wildman–Crippen MR) is 77.4 cm³/mol. The summed E-state index contributed by atoms with van der Waals surface area (Å²) in [6.07, 6.45) is 1.52. The molecule has 2 N–H and O–H groups in total. The Morgan fingerprint density at radius 2 is 1.78 bits per heavy atom. The molecule has 3 amide bonds. The summed E-state index contributed by atoms with van der Waals surface area (Å²) in [7, 11) is 0. The van der Waals surface area contributed by atoms with Crippen LogP contribution in [0.1, 0.15) is 13.8 Å². The van der Waals surface area contributed by atoms with Crippen LogP contribution < -0.4 is 5.32 Å². The van der Waals surface area contributed by atoms with Crippen LogP contribution in [0.2, 0.25) is 0 Å². The molecule has 1 rings (SSSR count). The average molecular weight is 328 g/mol. The minimum Gasteiger partial charge on any atom is -0.480 e. The molecular formula is C14H20N2O7. The number of hydrogen-bond acceptors (Lipinski definition) is 6. The SMILES string of the molecule is CC(C)[C@H](NC(=O)OCCOCCN1C(=O)C=CC1=O)C(=O)O. The Labute approximate surface area is 133 Å². The first-order chi connectivity index (χ1) is 10.8. The predicted octanol–water partition coefficient (Wildman–Crippen LogP) is -0.237. The van der Waals surface area contributed by atoms with E-state index in [2.05, 4.69) is 5.32 Å². The number of aliphatic carboxylic acids is 1. The molecule has 1 aliphatic heterocycles. The number of nitrogens with one attached hydrogen (secondary N) is 1. The summed E-state index contributed by atoms with van der Waals surface area (Å²) in [6.45, 7) is 3.56. The maximum atomic E-state index is 11.4. The summed E-state index contributed by atoms with van der Waals surface area (Å²) in [5.74, 6) is -2.19. The van der Waals surface area contributed by atoms with E-state index in [-0.39, 0.29) is 44.1 Å². The number of rotatable bonds is 9. The van der Waals surface area contributed by atoms with E-state index in [1.54, 1.807) is 13.8 Å². The van der Waals surface area contributed by atoms with Crippen LogP contribution in [0.5, 0.6) is 0 Å². The smallest absolute Gasteiger partial charge is 0.407 e. The van der Waals surface area contributed by atoms with Crippen LogP contribution >= 0.6 is 0 Å². The van der Waals surface area contributed by atoms with Crippen LogP contribution in [0, 0.1) is 5.92 Å². The second-order valence-electron chi connectivity index (χ2n) is 5.11. The number of amides is 3. The molecule has 0 saturated carbocycles. The third-order valence-corrected chi connectivity index (χ3v) is 3.03. The van der Waals surface area contributed by atoms with E-state index in [9.17, 15) is 19.2 Å². The van der Waals surface area contributed by atoms with Crippen molar-refractivity contribution in [2.24, 2.45) is 5.92 Å². The van der Waals surface area contributed by atoms with E-state index in [1.807, 2.05) is 0 Å². The van der Waals surface area contributed by atoms with Gasteiger partial charge in [0.25, 0.3) is 11.8 Å². The number of alkyl carbamates (subject to hydrolysis) is 1. The molecule has 23 heavy (non-hydrogen) atoms. The molecule has 0 saturated heterocycles. The zero-order chi connectivity index (χ0) is 17.4. The van der Waals surface area contributed by atoms with Gasteiger partial charge < -0.3 is 19.9 Å². The minimum absolute atomic E-state index is 0.0660. The average Bonchev–Trinajstić information content (AvgIpc) is 2.79. The number of nitrogens with zero attached hydrogens (tertiary/aromatic N) is 1. The molecule has 0 radical (unpaired) electrons. The highest BCUT2D eigenvalue weighted by molar-refractivity contribution is 6.12. The van der Waals surface area contributed by atoms with Gasteiger partial charge in [-0.1, -0.05) is 13.8 Å². The van der Waals surface area contributed by atoms with Crippen LogP contribution in [0.4, 0.5) is 4.79 Å². The van der Waals surface area contributed by atoms with E-state index >= 15 is 0 Å². The van der Waals surface area contributed by atoms with Crippen molar-refractivity contribution in [1.29, 1.82) is 0 Å². The van der Waals surface area contributed by atoms with Crippen molar-refractivity contribution in [3.05, 3.63) is 12.2 Å². The van der Waals surface area contributed by atoms with Crippen LogP contribution in [0.15, 0.2) is 12.2 Å². The zero-order valence-electron chi connectivity index (χ0n) is 13.0. The molecule has 0 spiro atoms. The molecule has 1 aliphatic rings. The first-order valence-electron chi connectivity index (χ1n) is 7.10. The highest BCUT2D eigenvalue weighted by Gasteiger charge is 2.24. The molecule has 0 aromatic heterocycles. The van der Waals surface area contributed by atoms with Gasteiger partial charge in [0, 0.05) is 12.2 Å². The van der Waals surface area contributed by atoms with Crippen LogP contribution in [-0.4, -0.2) is 66.3 Å². The van der Waals surface area contributed by atoms with E-state index in [4.69, 9.17) is 14.6 Å². The maximum Gasteiger partial charge on any atom is 0.407 e. The summed E-state index contributed by atoms with van der Waals surface area (Å²) >= 11 is 0. The molecule has 0 unspecified atom stereocenters. The number of carbonyl (C=O) groups is 4. The quantitative estimate of drug-likeness (QED) is 0.442. The largest absolute Gasteiger partial charge is 0.480 e. The van der Waals surface area contributed by atoms with Gasteiger partial charge in [0.15, 0.2) is 0 Å². The summed E-state index contributed by atoms with van der Waals surface area (Å²) in [5, 5.41) is 11.2. The third kappa shape index (κ3) is 6.07. The Morgan fingerprint density at radius 1 is 1.17 bits per heavy atom. The van der Waals surface area contributed by atoms with E-state index in [0.29, 0.717) is 0 Å². The monoisotopic (exact) mass is 328 g/mol. The number of ether oxygens (including phenoxy) is 2. The van der Waals surface area contributed by atoms with E-state index < -0.39 is 18.1 Å². The van der Waals surface area contributed by atoms with Crippen molar-refractivity contribution in [2.45, 2.75) is 19.9 Å². The first-order valence-corrected chi connectivity index (χ1v) is 7.10. The maximum absolute atomic E-state index is 11.4. The van der Waals surface area contributed by atoms with Crippen LogP contribution in [-0.2, 0) is 23.9 Å². The van der Waals surface area contributed by atoms with Crippen LogP contribution in [0.25, 0.3) is 0 Å². The molecule has 9 heteroatoms. The number of carbonyl (C=O) groups excluding carboxylic acids is 3. The number of carboxylic acid groups (broad SMARTS) is 1. The Balaban J connectivity index is 2.13. The van der Waals surface area contributed by atoms with Gasteiger partial charge in [-0.3, -0.25) is 14.5 Å². The van der Waals surface area contributed by atoms with Gasteiger partial charge in [0.2, 0.25) is 0 Å². The normalized spacial score (nSPS) is 15.2. The van der Waals surface area contributed by atoms with Crippen molar-refractivity contribution in [2.75, 3.05) is 26.4 Å². The van der Waals surface area contributed by atoms with Gasteiger partial charge in [0.05, 0.1) is 19.8 Å². The van der Waals surface area contributed by atoms with Crippen LogP contribution in [0.3, 0.4) is 0 Å². The summed E-state index contributed by atoms with van der Waals surface area (Å²) in [5.41, 5.74) is 0. The van der Waals surface area contributed by atoms with Crippen molar-refractivity contribution in [1.82, 2.24) is 10.2 Å². The molecule has 0 aromatic rings. The fourth-order valence-corrected chi connectivity index (χ4v) is 1.78. The summed E-state index contributed by atoms with van der Waals surface area (Å²) in [6, 6.07) is -1.02. The highest BCUT2D eigenvalue weighted by Crippen LogP contribution is 2.03. The molecule has 1 atom stereocenters. The molecule has 0 fully saturated rings. The lowest BCUT2D eigenvalue weighted by Gasteiger charge is -2.17. The molecule has 0 aliphatic carbocycles. The fraction of sp³-hybridized carbons (Fsp3) is 0.571. The van der Waals surface area contributed by atoms with Gasteiger partial charge in [0.1, 0.15) is 12.6 Å². The molecule has 0 bridgehead atoms. The Kier molecular flexibility index (Phi) is 7.20. The lowest BCUT2D eigenvalue weighted by atomic mass is 10.1. The number of carboxylic acids is 1. The Hall–Kier alpha value is -2.42. The second-order valence-corrected chi connectivity index (χ2v) is 5.11. The van der Waals surface area contributed by atoms with Gasteiger partial charge in [-0.15, -0.1) is 0 Å². The standard InChI is InChI=1S/C14H20N2O7/c1-9(2)12(13(19)20)15-14(21)23-8-7-22-6-5-16-10(17)3-4-11(16)18/h3-4,9,12H,5-8H2,1-2H3,(H,15,21)(H,19,20)/t12-/m0/s1. The highest BCUT2D eigenvalue weighted by atomic mass is 16.6. The molecular weight excluding hydrogens is 308 g/mol. The van der Waals surface area contributed by atoms with Crippen molar-refractivity contribution >= 4 is 23.9 Å². The first kappa shape index (κ1) is 18.6. The minimum atomic E-state index is -1.14. The molecule has 1 heterocycles.